The van der Waals surface area contributed by atoms with E-state index >= 15 is 0 Å². The van der Waals surface area contributed by atoms with Crippen LogP contribution in [-0.4, -0.2) is 20.1 Å². The van der Waals surface area contributed by atoms with E-state index in [1.54, 1.807) is 0 Å². The van der Waals surface area contributed by atoms with E-state index in [1.165, 1.54) is 127 Å². The molecule has 0 N–H and O–H groups in total. The van der Waals surface area contributed by atoms with Gasteiger partial charge in [-0.05, 0) is 325 Å². The molecular weight excluding hydrogens is 1690 g/mol. The molecule has 140 heavy (non-hydrogen) atoms. The van der Waals surface area contributed by atoms with Gasteiger partial charge in [-0.1, -0.05) is 322 Å². The van der Waals surface area contributed by atoms with Crippen molar-refractivity contribution >= 4 is 221 Å². The molecule has 0 spiro atoms. The average molecular weight is 1780 g/mol. The topological polar surface area (TPSA) is 22.7 Å². The largest absolute Gasteiger partial charge is 0.311 e. The second kappa shape index (κ2) is 31.8. The summed E-state index contributed by atoms with van der Waals surface area (Å²) < 4.78 is 0. The van der Waals surface area contributed by atoms with Gasteiger partial charge >= 0.3 is 0 Å². The number of hydrogen-bond acceptors (Lipinski definition) is 7. The molecule has 23 aromatic rings. The van der Waals surface area contributed by atoms with Crippen molar-refractivity contribution < 1.29 is 0 Å². The Labute approximate surface area is 814 Å². The Bertz CT molecular complexity index is 8760. The van der Waals surface area contributed by atoms with Gasteiger partial charge in [0.25, 0.3) is 20.1 Å². The Morgan fingerprint density at radius 2 is 0.421 bits per heavy atom. The minimum atomic E-state index is -0.0766. The molecule has 10 heteroatoms. The lowest BCUT2D eigenvalue weighted by Crippen LogP contribution is -2.61. The average Bonchev–Trinajstić information content (AvgIpc) is 0.699. The fourth-order valence-corrected chi connectivity index (χ4v) is 24.2. The summed E-state index contributed by atoms with van der Waals surface area (Å²) in [7, 11) is 0. The van der Waals surface area contributed by atoms with Gasteiger partial charge in [0.05, 0.1) is 5.69 Å². The Balaban J connectivity index is 0.526. The van der Waals surface area contributed by atoms with Gasteiger partial charge in [-0.15, -0.1) is 0 Å². The van der Waals surface area contributed by atoms with Crippen molar-refractivity contribution in [3.63, 3.8) is 0 Å². The third-order valence-corrected chi connectivity index (χ3v) is 30.2. The van der Waals surface area contributed by atoms with E-state index in [2.05, 4.69) is 544 Å². The van der Waals surface area contributed by atoms with Crippen molar-refractivity contribution in [3.05, 3.63) is 510 Å². The normalized spacial score (nSPS) is 13.2. The first-order valence-corrected chi connectivity index (χ1v) is 48.6. The number of nitrogens with zero attached hydrogens (tertiary/aromatic N) is 7. The number of anilines is 21. The minimum absolute atomic E-state index is 0.00796. The summed E-state index contributed by atoms with van der Waals surface area (Å²) in [5, 5.41) is 7.66. The van der Waals surface area contributed by atoms with E-state index in [0.29, 0.717) is 0 Å². The van der Waals surface area contributed by atoms with Crippen LogP contribution in [0.1, 0.15) is 0 Å². The number of benzene rings is 23. The lowest BCUT2D eigenvalue weighted by molar-refractivity contribution is 1.23. The molecular formula is C130H84B3N7. The molecule has 0 unspecified atom stereocenters. The van der Waals surface area contributed by atoms with Crippen molar-refractivity contribution in [2.45, 2.75) is 0 Å². The van der Waals surface area contributed by atoms with E-state index in [1.807, 2.05) is 0 Å². The van der Waals surface area contributed by atoms with E-state index < -0.39 is 0 Å². The molecule has 6 aliphatic heterocycles. The molecule has 6 heterocycles. The molecule has 0 atom stereocenters. The van der Waals surface area contributed by atoms with Crippen molar-refractivity contribution in [2.24, 2.45) is 0 Å². The maximum absolute atomic E-state index is 2.56. The first kappa shape index (κ1) is 79.3. The fraction of sp³-hybridized carbons (Fsp3) is 0. The van der Waals surface area contributed by atoms with Crippen LogP contribution in [0.25, 0.3) is 88.0 Å². The van der Waals surface area contributed by atoms with Crippen molar-refractivity contribution in [2.75, 3.05) is 34.3 Å². The second-order valence-electron chi connectivity index (χ2n) is 37.7. The van der Waals surface area contributed by atoms with Gasteiger partial charge in [0.15, 0.2) is 0 Å². The van der Waals surface area contributed by atoms with Gasteiger partial charge in [0, 0.05) is 114 Å². The highest BCUT2D eigenvalue weighted by Crippen LogP contribution is 2.54. The van der Waals surface area contributed by atoms with Gasteiger partial charge in [-0.25, -0.2) is 0 Å². The summed E-state index contributed by atoms with van der Waals surface area (Å²) in [5.74, 6) is 0. The van der Waals surface area contributed by atoms with Gasteiger partial charge in [-0.3, -0.25) is 0 Å². The maximum atomic E-state index is 2.56. The smallest absolute Gasteiger partial charge is 0.252 e. The van der Waals surface area contributed by atoms with E-state index in [4.69, 9.17) is 0 Å². The third-order valence-electron chi connectivity index (χ3n) is 30.2. The quantitative estimate of drug-likeness (QED) is 0.0789. The molecule has 29 rings (SSSR count). The van der Waals surface area contributed by atoms with Gasteiger partial charge in [-0.2, -0.15) is 0 Å². The first-order valence-electron chi connectivity index (χ1n) is 48.6. The standard InChI is InChI=1S/C130H84B3N7/c1-7-36-99(37-8-1)134(107-83-124-130-125(84-107)139(103-44-15-5-16-45-103)117-56-26-20-50-109(117)131(130)108-49-19-25-55-116(108)138(124)102-42-13-4-14-43-102)106-48-29-35-92(78-106)85-59-61-86(62-60-85)93-70-74-118-113(79-93)133-111-52-22-23-53-114(111)135(100-38-9-2-10-39-100)119-57-30-58-120(128(119)133)136(118)105-71-67-87(68-72-105)90-33-28-34-91(75-90)94-69-73-112-121(80-94)140(104-46-17-6-18-47-104)123-82-98(97-76-95-65-63-88-31-27-32-89-64-66-96(77-97)127(95)126(88)89)81-122-129(123)132(112)110-51-21-24-54-115(110)137(122)101-40-11-3-12-41-101/h1-84H. The Morgan fingerprint density at radius 1 is 0.136 bits per heavy atom. The molecule has 0 bridgehead atoms. The maximum Gasteiger partial charge on any atom is 0.252 e. The van der Waals surface area contributed by atoms with E-state index in [-0.39, 0.29) is 20.1 Å². The van der Waals surface area contributed by atoms with Gasteiger partial charge in [0.2, 0.25) is 0 Å². The van der Waals surface area contributed by atoms with Crippen LogP contribution in [0.5, 0.6) is 0 Å². The van der Waals surface area contributed by atoms with Crippen molar-refractivity contribution in [1.29, 1.82) is 0 Å². The van der Waals surface area contributed by atoms with Gasteiger partial charge < -0.3 is 34.3 Å². The van der Waals surface area contributed by atoms with E-state index in [0.717, 1.165) is 130 Å². The van der Waals surface area contributed by atoms with Crippen LogP contribution < -0.4 is 83.5 Å². The van der Waals surface area contributed by atoms with Crippen LogP contribution in [0.15, 0.2) is 510 Å². The van der Waals surface area contributed by atoms with Crippen LogP contribution in [-0.2, 0) is 0 Å². The SMILES string of the molecule is c1ccc(N(c2cccc(-c3ccc(-c4ccc5c(c4)B4c6ccccc6N(c6ccccc6)c6cccc(c64)N5c4ccc(-c5cccc(-c6ccc7c(c6)N(c6ccccc6)c6cc(-c8cc9ccc%10cccc%11ccc(c8)c9c%10%11)cc8c6B7c6ccccc6N8c6ccccc6)c5)cc4)cc3)c2)c2cc3c4c(c2)N(c2ccccc2)c2ccccc2B4c2ccccc2N3c2ccccc2)cc1. The molecule has 0 saturated carbocycles. The van der Waals surface area contributed by atoms with Crippen LogP contribution in [0.2, 0.25) is 0 Å². The fourth-order valence-electron chi connectivity index (χ4n) is 24.2. The zero-order valence-corrected chi connectivity index (χ0v) is 76.4. The lowest BCUT2D eigenvalue weighted by atomic mass is 9.33. The summed E-state index contributed by atoms with van der Waals surface area (Å²) in [6, 6.07) is 191. The summed E-state index contributed by atoms with van der Waals surface area (Å²) in [4.78, 5) is 17.5. The molecule has 0 radical (unpaired) electrons. The zero-order valence-electron chi connectivity index (χ0n) is 76.4. The molecule has 0 aromatic heterocycles. The molecule has 0 fully saturated rings. The lowest BCUT2D eigenvalue weighted by Gasteiger charge is -2.45. The monoisotopic (exact) mass is 1780 g/mol. The number of fused-ring (bicyclic) bond motifs is 12. The van der Waals surface area contributed by atoms with Crippen LogP contribution in [0.4, 0.5) is 119 Å². The van der Waals surface area contributed by atoms with Crippen molar-refractivity contribution in [3.8, 4) is 55.6 Å². The molecule has 0 saturated heterocycles. The number of hydrogen-bond donors (Lipinski definition) is 0. The number of para-hydroxylation sites is 10. The summed E-state index contributed by atoms with van der Waals surface area (Å²) in [6.07, 6.45) is 0. The number of rotatable bonds is 14. The third kappa shape index (κ3) is 12.4. The Kier molecular flexibility index (Phi) is 18.0. The summed E-state index contributed by atoms with van der Waals surface area (Å²) >= 11 is 0. The van der Waals surface area contributed by atoms with Crippen LogP contribution in [0.3, 0.4) is 0 Å². The predicted octanol–water partition coefficient (Wildman–Crippen LogP) is 28.6. The zero-order chi connectivity index (χ0) is 91.7. The molecule has 0 amide bonds. The van der Waals surface area contributed by atoms with E-state index in [9.17, 15) is 0 Å². The second-order valence-corrected chi connectivity index (χ2v) is 37.7. The molecule has 0 aliphatic carbocycles. The highest BCUT2D eigenvalue weighted by molar-refractivity contribution is 7.02. The summed E-state index contributed by atoms with van der Waals surface area (Å²) in [5.41, 5.74) is 46.8. The molecule has 648 valence electrons. The van der Waals surface area contributed by atoms with Crippen LogP contribution in [0, 0.1) is 0 Å². The molecule has 7 nitrogen and oxygen atoms in total. The Hall–Kier alpha value is -18.1. The van der Waals surface area contributed by atoms with Crippen LogP contribution >= 0.6 is 0 Å². The van der Waals surface area contributed by atoms with Gasteiger partial charge in [0.1, 0.15) is 0 Å². The van der Waals surface area contributed by atoms with Crippen molar-refractivity contribution in [1.82, 2.24) is 0 Å². The molecule has 23 aromatic carbocycles. The molecule has 6 aliphatic rings. The summed E-state index contributed by atoms with van der Waals surface area (Å²) in [6.45, 7) is -0.144. The highest BCUT2D eigenvalue weighted by Gasteiger charge is 2.48. The minimum Gasteiger partial charge on any atom is -0.311 e. The first-order chi connectivity index (χ1) is 69.5. The highest BCUT2D eigenvalue weighted by atomic mass is 15.2. The Morgan fingerprint density at radius 3 is 0.900 bits per heavy atom. The predicted molar refractivity (Wildman–Crippen MR) is 594 cm³/mol.